The van der Waals surface area contributed by atoms with Crippen LogP contribution in [0.15, 0.2) is 54.7 Å². The van der Waals surface area contributed by atoms with Crippen LogP contribution in [-0.4, -0.2) is 69.3 Å². The summed E-state index contributed by atoms with van der Waals surface area (Å²) in [7, 11) is 2.00. The van der Waals surface area contributed by atoms with Gasteiger partial charge in [-0.1, -0.05) is 56.2 Å². The third-order valence-electron chi connectivity index (χ3n) is 8.71. The Morgan fingerprint density at radius 3 is 2.37 bits per heavy atom. The number of benzene rings is 1. The summed E-state index contributed by atoms with van der Waals surface area (Å²) >= 11 is 0. The Kier molecular flexibility index (Phi) is 6.67. The lowest BCUT2D eigenvalue weighted by Gasteiger charge is -2.50. The van der Waals surface area contributed by atoms with Crippen LogP contribution in [0.25, 0.3) is 0 Å². The zero-order chi connectivity index (χ0) is 24.6. The molecule has 1 saturated carbocycles. The summed E-state index contributed by atoms with van der Waals surface area (Å²) in [4.78, 5) is 38.0. The van der Waals surface area contributed by atoms with Crippen molar-refractivity contribution in [3.63, 3.8) is 0 Å². The first-order valence-electron chi connectivity index (χ1n) is 13.1. The van der Waals surface area contributed by atoms with Crippen molar-refractivity contribution in [1.82, 2.24) is 19.7 Å². The highest BCUT2D eigenvalue weighted by Crippen LogP contribution is 2.55. The Hall–Kier alpha value is -2.73. The van der Waals surface area contributed by atoms with Gasteiger partial charge in [0.15, 0.2) is 0 Å². The Bertz CT molecular complexity index is 1050. The molecule has 2 aromatic rings. The molecule has 2 amide bonds. The van der Waals surface area contributed by atoms with E-state index in [-0.39, 0.29) is 41.4 Å². The van der Waals surface area contributed by atoms with Gasteiger partial charge in [-0.15, -0.1) is 0 Å². The number of carbonyl (C=O) groups is 2. The van der Waals surface area contributed by atoms with Crippen LogP contribution in [0.1, 0.15) is 57.2 Å². The first kappa shape index (κ1) is 24.0. The van der Waals surface area contributed by atoms with Crippen molar-refractivity contribution in [3.8, 4) is 0 Å². The first-order chi connectivity index (χ1) is 16.9. The maximum atomic E-state index is 14.0. The molecule has 2 bridgehead atoms. The van der Waals surface area contributed by atoms with E-state index < -0.39 is 0 Å². The van der Waals surface area contributed by atoms with E-state index in [1.807, 2.05) is 31.3 Å². The molecular formula is C29H38N4O2. The van der Waals surface area contributed by atoms with Gasteiger partial charge >= 0.3 is 0 Å². The van der Waals surface area contributed by atoms with Crippen LogP contribution in [0, 0.1) is 5.41 Å². The number of fused-ring (bicyclic) bond motifs is 1. The fourth-order valence-corrected chi connectivity index (χ4v) is 7.30. The molecule has 1 aromatic heterocycles. The molecule has 1 aliphatic carbocycles. The summed E-state index contributed by atoms with van der Waals surface area (Å²) in [6.07, 6.45) is 7.87. The number of pyridine rings is 1. The molecular weight excluding hydrogens is 436 g/mol. The quantitative estimate of drug-likeness (QED) is 0.637. The lowest BCUT2D eigenvalue weighted by molar-refractivity contribution is -0.143. The van der Waals surface area contributed by atoms with Crippen molar-refractivity contribution in [1.29, 1.82) is 0 Å². The molecule has 35 heavy (non-hydrogen) atoms. The summed E-state index contributed by atoms with van der Waals surface area (Å²) in [6, 6.07) is 16.8. The number of hydrogen-bond donors (Lipinski definition) is 0. The molecule has 5 rings (SSSR count). The van der Waals surface area contributed by atoms with Crippen molar-refractivity contribution in [2.45, 2.75) is 83.1 Å². The third kappa shape index (κ3) is 4.49. The predicted octanol–water partition coefficient (Wildman–Crippen LogP) is 3.91. The number of piperidine rings is 1. The number of likely N-dealkylation sites (N-methyl/N-ethyl adjacent to an activating group) is 1. The maximum Gasteiger partial charge on any atom is 0.237 e. The van der Waals surface area contributed by atoms with E-state index >= 15 is 0 Å². The molecule has 0 N–H and O–H groups in total. The van der Waals surface area contributed by atoms with Gasteiger partial charge < -0.3 is 9.80 Å². The van der Waals surface area contributed by atoms with Crippen molar-refractivity contribution in [2.24, 2.45) is 5.41 Å². The molecule has 6 heteroatoms. The Balaban J connectivity index is 1.46. The van der Waals surface area contributed by atoms with Gasteiger partial charge in [-0.25, -0.2) is 0 Å². The fourth-order valence-electron chi connectivity index (χ4n) is 7.30. The second-order valence-electron chi connectivity index (χ2n) is 11.1. The lowest BCUT2D eigenvalue weighted by atomic mass is 9.69. The number of amides is 2. The first-order valence-corrected chi connectivity index (χ1v) is 13.1. The SMILES string of the molecule is CC(=O)N1[C@H](Cc2ccccc2)[C@@H]2C[C@@]3(C)[C@H](CCCC[C@@H]13)N2C(=O)CN(C)Cc1ccccn1. The van der Waals surface area contributed by atoms with Crippen LogP contribution in [-0.2, 0) is 22.6 Å². The average Bonchev–Trinajstić information content (AvgIpc) is 2.99. The van der Waals surface area contributed by atoms with Crippen molar-refractivity contribution in [2.75, 3.05) is 13.6 Å². The number of hydrogen-bond acceptors (Lipinski definition) is 4. The standard InChI is InChI=1S/C29H38N4O2/c1-21(34)32-24(17-22-11-5-4-6-12-22)25-18-29(2)26(32)14-7-8-15-27(29)33(25)28(35)20-31(3)19-23-13-9-10-16-30-23/h4-6,9-13,16,24-27H,7-8,14-15,17-20H2,1-3H3/t24-,25+,26-,27+,29-/m1/s1. The number of nitrogens with zero attached hydrogens (tertiary/aromatic N) is 4. The minimum Gasteiger partial charge on any atom is -0.334 e. The van der Waals surface area contributed by atoms with E-state index in [2.05, 4.69) is 50.9 Å². The number of aromatic nitrogens is 1. The lowest BCUT2D eigenvalue weighted by Crippen LogP contribution is -2.61. The number of carbonyl (C=O) groups excluding carboxylic acids is 2. The largest absolute Gasteiger partial charge is 0.334 e. The molecule has 0 radical (unpaired) electrons. The zero-order valence-corrected chi connectivity index (χ0v) is 21.3. The molecule has 186 valence electrons. The maximum absolute atomic E-state index is 14.0. The summed E-state index contributed by atoms with van der Waals surface area (Å²) in [5.41, 5.74) is 2.15. The van der Waals surface area contributed by atoms with Gasteiger partial charge in [0.1, 0.15) is 0 Å². The fraction of sp³-hybridized carbons (Fsp3) is 0.552. The molecule has 3 heterocycles. The van der Waals surface area contributed by atoms with E-state index in [1.165, 1.54) is 5.56 Å². The Labute approximate surface area is 209 Å². The van der Waals surface area contributed by atoms with Gasteiger partial charge in [-0.3, -0.25) is 19.5 Å². The minimum atomic E-state index is -0.0464. The molecule has 0 unspecified atom stereocenters. The minimum absolute atomic E-state index is 0.0149. The monoisotopic (exact) mass is 474 g/mol. The molecule has 3 aliphatic rings. The summed E-state index contributed by atoms with van der Waals surface area (Å²) < 4.78 is 0. The second-order valence-corrected chi connectivity index (χ2v) is 11.1. The van der Waals surface area contributed by atoms with Gasteiger partial charge in [0.05, 0.1) is 24.3 Å². The van der Waals surface area contributed by atoms with Crippen LogP contribution < -0.4 is 0 Å². The molecule has 2 aliphatic heterocycles. The smallest absolute Gasteiger partial charge is 0.237 e. The molecule has 0 spiro atoms. The summed E-state index contributed by atoms with van der Waals surface area (Å²) in [6.45, 7) is 5.07. The van der Waals surface area contributed by atoms with E-state index in [0.717, 1.165) is 44.2 Å². The molecule has 1 aromatic carbocycles. The Morgan fingerprint density at radius 2 is 1.71 bits per heavy atom. The number of rotatable bonds is 6. The van der Waals surface area contributed by atoms with Crippen LogP contribution in [0.2, 0.25) is 0 Å². The van der Waals surface area contributed by atoms with Crippen molar-refractivity contribution >= 4 is 11.8 Å². The van der Waals surface area contributed by atoms with Gasteiger partial charge in [-0.05, 0) is 50.4 Å². The topological polar surface area (TPSA) is 56.8 Å². The highest BCUT2D eigenvalue weighted by atomic mass is 16.2. The van der Waals surface area contributed by atoms with E-state index in [4.69, 9.17) is 0 Å². The van der Waals surface area contributed by atoms with Crippen LogP contribution in [0.4, 0.5) is 0 Å². The normalized spacial score (nSPS) is 29.8. The zero-order valence-electron chi connectivity index (χ0n) is 21.3. The number of likely N-dealkylation sites (tertiary alicyclic amines) is 2. The molecule has 5 atom stereocenters. The Morgan fingerprint density at radius 1 is 1.03 bits per heavy atom. The summed E-state index contributed by atoms with van der Waals surface area (Å²) in [5, 5.41) is 0. The third-order valence-corrected chi connectivity index (χ3v) is 8.71. The molecule has 6 nitrogen and oxygen atoms in total. The van der Waals surface area contributed by atoms with Crippen molar-refractivity contribution in [3.05, 3.63) is 66.0 Å². The van der Waals surface area contributed by atoms with Gasteiger partial charge in [0, 0.05) is 37.2 Å². The van der Waals surface area contributed by atoms with E-state index in [1.54, 1.807) is 13.1 Å². The molecule has 2 saturated heterocycles. The van der Waals surface area contributed by atoms with Gasteiger partial charge in [-0.2, -0.15) is 0 Å². The van der Waals surface area contributed by atoms with Gasteiger partial charge in [0.25, 0.3) is 0 Å². The highest BCUT2D eigenvalue weighted by Gasteiger charge is 2.63. The molecule has 3 fully saturated rings. The van der Waals surface area contributed by atoms with Crippen LogP contribution in [0.5, 0.6) is 0 Å². The van der Waals surface area contributed by atoms with Gasteiger partial charge in [0.2, 0.25) is 11.8 Å². The van der Waals surface area contributed by atoms with E-state index in [0.29, 0.717) is 13.1 Å². The summed E-state index contributed by atoms with van der Waals surface area (Å²) in [5.74, 6) is 0.334. The van der Waals surface area contributed by atoms with E-state index in [9.17, 15) is 9.59 Å². The average molecular weight is 475 g/mol. The predicted molar refractivity (Wildman–Crippen MR) is 136 cm³/mol. The van der Waals surface area contributed by atoms with Crippen molar-refractivity contribution < 1.29 is 9.59 Å². The van der Waals surface area contributed by atoms with Crippen LogP contribution >= 0.6 is 0 Å². The second kappa shape index (κ2) is 9.73. The highest BCUT2D eigenvalue weighted by molar-refractivity contribution is 5.81. The van der Waals surface area contributed by atoms with Crippen LogP contribution in [0.3, 0.4) is 0 Å².